The van der Waals surface area contributed by atoms with E-state index in [0.29, 0.717) is 6.54 Å². The molecular weight excluding hydrogens is 386 g/mol. The van der Waals surface area contributed by atoms with E-state index >= 15 is 0 Å². The van der Waals surface area contributed by atoms with Crippen LogP contribution in [0.15, 0.2) is 60.0 Å². The first-order chi connectivity index (χ1) is 13.4. The second-order valence-electron chi connectivity index (χ2n) is 5.78. The zero-order valence-electron chi connectivity index (χ0n) is 14.8. The molecule has 0 aliphatic carbocycles. The number of nitrogens with zero attached hydrogens (tertiary/aromatic N) is 4. The van der Waals surface area contributed by atoms with Gasteiger partial charge in [-0.2, -0.15) is 5.10 Å². The SMILES string of the molecule is COc1ccc([N+](=O)[O-])cc1S(=O)(=O)NCc1ccccc1Cn1cncn1. The lowest BCUT2D eigenvalue weighted by Gasteiger charge is -2.13. The van der Waals surface area contributed by atoms with Crippen molar-refractivity contribution < 1.29 is 18.1 Å². The number of nitrogens with one attached hydrogen (secondary N) is 1. The van der Waals surface area contributed by atoms with Crippen LogP contribution >= 0.6 is 0 Å². The Morgan fingerprint density at radius 3 is 2.61 bits per heavy atom. The molecule has 0 atom stereocenters. The van der Waals surface area contributed by atoms with Gasteiger partial charge in [-0.3, -0.25) is 10.1 Å². The Morgan fingerprint density at radius 2 is 1.96 bits per heavy atom. The summed E-state index contributed by atoms with van der Waals surface area (Å²) >= 11 is 0. The van der Waals surface area contributed by atoms with Gasteiger partial charge in [0.1, 0.15) is 23.3 Å². The quantitative estimate of drug-likeness (QED) is 0.448. The van der Waals surface area contributed by atoms with Gasteiger partial charge in [-0.1, -0.05) is 24.3 Å². The lowest BCUT2D eigenvalue weighted by Crippen LogP contribution is -2.24. The molecule has 2 aromatic carbocycles. The van der Waals surface area contributed by atoms with Gasteiger partial charge >= 0.3 is 0 Å². The Kier molecular flexibility index (Phi) is 5.66. The maximum Gasteiger partial charge on any atom is 0.271 e. The van der Waals surface area contributed by atoms with E-state index in [-0.39, 0.29) is 22.9 Å². The summed E-state index contributed by atoms with van der Waals surface area (Å²) in [6.45, 7) is 0.428. The van der Waals surface area contributed by atoms with E-state index in [0.717, 1.165) is 17.2 Å². The molecule has 0 saturated heterocycles. The van der Waals surface area contributed by atoms with Gasteiger partial charge in [0.25, 0.3) is 5.69 Å². The number of aromatic nitrogens is 3. The Balaban J connectivity index is 1.85. The molecule has 11 heteroatoms. The van der Waals surface area contributed by atoms with Gasteiger partial charge in [0.05, 0.1) is 18.6 Å². The minimum absolute atomic E-state index is 0.000942. The van der Waals surface area contributed by atoms with Crippen molar-refractivity contribution in [1.82, 2.24) is 19.5 Å². The largest absolute Gasteiger partial charge is 0.495 e. The summed E-state index contributed by atoms with van der Waals surface area (Å²) in [5.74, 6) is 0.0222. The highest BCUT2D eigenvalue weighted by Crippen LogP contribution is 2.28. The van der Waals surface area contributed by atoms with Crippen molar-refractivity contribution in [3.05, 3.63) is 76.4 Å². The van der Waals surface area contributed by atoms with Crippen molar-refractivity contribution >= 4 is 15.7 Å². The van der Waals surface area contributed by atoms with Crippen molar-refractivity contribution in [2.24, 2.45) is 0 Å². The number of hydrogen-bond donors (Lipinski definition) is 1. The minimum atomic E-state index is -4.05. The summed E-state index contributed by atoms with van der Waals surface area (Å²) in [6.07, 6.45) is 2.98. The normalized spacial score (nSPS) is 11.3. The van der Waals surface area contributed by atoms with E-state index in [1.807, 2.05) is 12.1 Å². The predicted molar refractivity (Wildman–Crippen MR) is 99.2 cm³/mol. The van der Waals surface area contributed by atoms with E-state index < -0.39 is 14.9 Å². The highest BCUT2D eigenvalue weighted by Gasteiger charge is 2.23. The van der Waals surface area contributed by atoms with E-state index in [1.54, 1.807) is 23.1 Å². The van der Waals surface area contributed by atoms with Gasteiger partial charge in [0.15, 0.2) is 0 Å². The molecule has 1 N–H and O–H groups in total. The molecule has 0 aliphatic rings. The summed E-state index contributed by atoms with van der Waals surface area (Å²) in [6, 6.07) is 10.7. The van der Waals surface area contributed by atoms with Crippen molar-refractivity contribution in [2.75, 3.05) is 7.11 Å². The number of nitro benzene ring substituents is 1. The lowest BCUT2D eigenvalue weighted by molar-refractivity contribution is -0.385. The molecule has 1 aromatic heterocycles. The molecule has 10 nitrogen and oxygen atoms in total. The van der Waals surface area contributed by atoms with Crippen LogP contribution < -0.4 is 9.46 Å². The maximum absolute atomic E-state index is 12.7. The number of sulfonamides is 1. The molecule has 0 radical (unpaired) electrons. The highest BCUT2D eigenvalue weighted by atomic mass is 32.2. The van der Waals surface area contributed by atoms with Crippen LogP contribution in [-0.4, -0.2) is 35.2 Å². The smallest absolute Gasteiger partial charge is 0.271 e. The molecule has 0 saturated carbocycles. The first kappa shape index (κ1) is 19.5. The fourth-order valence-corrected chi connectivity index (χ4v) is 3.81. The third-order valence-corrected chi connectivity index (χ3v) is 5.44. The average molecular weight is 403 g/mol. The Hall–Kier alpha value is -3.31. The van der Waals surface area contributed by atoms with Crippen LogP contribution in [0.2, 0.25) is 0 Å². The third-order valence-electron chi connectivity index (χ3n) is 4.02. The van der Waals surface area contributed by atoms with Gasteiger partial charge in [-0.05, 0) is 17.2 Å². The standard InChI is InChI=1S/C17H17N5O5S/c1-27-16-7-6-15(22(23)24)8-17(16)28(25,26)20-9-13-4-2-3-5-14(13)10-21-12-18-11-19-21/h2-8,11-12,20H,9-10H2,1H3. The molecule has 0 bridgehead atoms. The number of hydrogen-bond acceptors (Lipinski definition) is 7. The van der Waals surface area contributed by atoms with Crippen LogP contribution in [-0.2, 0) is 23.1 Å². The number of ether oxygens (including phenoxy) is 1. The Morgan fingerprint density at radius 1 is 1.21 bits per heavy atom. The first-order valence-corrected chi connectivity index (χ1v) is 9.60. The number of benzene rings is 2. The van der Waals surface area contributed by atoms with Gasteiger partial charge in [0, 0.05) is 18.7 Å². The zero-order chi connectivity index (χ0) is 20.1. The number of methoxy groups -OCH3 is 1. The van der Waals surface area contributed by atoms with E-state index in [9.17, 15) is 18.5 Å². The summed E-state index contributed by atoms with van der Waals surface area (Å²) in [7, 11) is -2.75. The first-order valence-electron chi connectivity index (χ1n) is 8.12. The number of rotatable bonds is 8. The van der Waals surface area contributed by atoms with Gasteiger partial charge in [-0.15, -0.1) is 0 Å². The van der Waals surface area contributed by atoms with Gasteiger partial charge in [-0.25, -0.2) is 22.8 Å². The van der Waals surface area contributed by atoms with Crippen LogP contribution in [0.25, 0.3) is 0 Å². The van der Waals surface area contributed by atoms with E-state index in [4.69, 9.17) is 4.74 Å². The summed E-state index contributed by atoms with van der Waals surface area (Å²) in [5.41, 5.74) is 1.26. The minimum Gasteiger partial charge on any atom is -0.495 e. The maximum atomic E-state index is 12.7. The molecule has 1 heterocycles. The van der Waals surface area contributed by atoms with E-state index in [2.05, 4.69) is 14.8 Å². The second kappa shape index (κ2) is 8.15. The monoisotopic (exact) mass is 403 g/mol. The molecule has 28 heavy (non-hydrogen) atoms. The third kappa shape index (κ3) is 4.32. The van der Waals surface area contributed by atoms with Crippen molar-refractivity contribution in [3.8, 4) is 5.75 Å². The van der Waals surface area contributed by atoms with Gasteiger partial charge in [0.2, 0.25) is 10.0 Å². The van der Waals surface area contributed by atoms with Crippen molar-refractivity contribution in [3.63, 3.8) is 0 Å². The molecule has 0 unspecified atom stereocenters. The van der Waals surface area contributed by atoms with Crippen LogP contribution in [0.1, 0.15) is 11.1 Å². The van der Waals surface area contributed by atoms with Crippen LogP contribution in [0.4, 0.5) is 5.69 Å². The van der Waals surface area contributed by atoms with E-state index in [1.165, 1.54) is 25.6 Å². The summed E-state index contributed by atoms with van der Waals surface area (Å²) in [4.78, 5) is 13.9. The fraction of sp³-hybridized carbons (Fsp3) is 0.176. The molecule has 0 amide bonds. The molecular formula is C17H17N5O5S. The zero-order valence-corrected chi connectivity index (χ0v) is 15.7. The Labute approximate surface area is 161 Å². The molecule has 0 fully saturated rings. The molecule has 3 rings (SSSR count). The number of non-ortho nitro benzene ring substituents is 1. The van der Waals surface area contributed by atoms with Gasteiger partial charge < -0.3 is 4.74 Å². The van der Waals surface area contributed by atoms with Crippen LogP contribution in [0.5, 0.6) is 5.75 Å². The topological polar surface area (TPSA) is 129 Å². The molecule has 3 aromatic rings. The number of nitro groups is 1. The average Bonchev–Trinajstić information content (AvgIpc) is 3.20. The summed E-state index contributed by atoms with van der Waals surface area (Å²) in [5, 5.41) is 15.0. The van der Waals surface area contributed by atoms with Crippen LogP contribution in [0, 0.1) is 10.1 Å². The molecule has 0 spiro atoms. The predicted octanol–water partition coefficient (Wildman–Crippen LogP) is 1.72. The fourth-order valence-electron chi connectivity index (χ4n) is 2.61. The van der Waals surface area contributed by atoms with Crippen LogP contribution in [0.3, 0.4) is 0 Å². The second-order valence-corrected chi connectivity index (χ2v) is 7.51. The van der Waals surface area contributed by atoms with Crippen molar-refractivity contribution in [2.45, 2.75) is 18.0 Å². The Bertz CT molecular complexity index is 1080. The lowest BCUT2D eigenvalue weighted by atomic mass is 10.1. The summed E-state index contributed by atoms with van der Waals surface area (Å²) < 4.78 is 34.6. The molecule has 0 aliphatic heterocycles. The highest BCUT2D eigenvalue weighted by molar-refractivity contribution is 7.89. The molecule has 146 valence electrons. The van der Waals surface area contributed by atoms with Crippen molar-refractivity contribution in [1.29, 1.82) is 0 Å².